The highest BCUT2D eigenvalue weighted by Gasteiger charge is 2.01. The lowest BCUT2D eigenvalue weighted by Crippen LogP contribution is -2.22. The van der Waals surface area contributed by atoms with Gasteiger partial charge in [0, 0.05) is 19.5 Å². The summed E-state index contributed by atoms with van der Waals surface area (Å²) in [6, 6.07) is 8.03. The average Bonchev–Trinajstić information content (AvgIpc) is 2.42. The van der Waals surface area contributed by atoms with Gasteiger partial charge in [-0.1, -0.05) is 50.5 Å². The molecule has 0 aliphatic rings. The van der Waals surface area contributed by atoms with E-state index in [0.29, 0.717) is 19.5 Å². The number of hydrogen-bond donors (Lipinski definition) is 2. The third kappa shape index (κ3) is 5.82. The predicted octanol–water partition coefficient (Wildman–Crippen LogP) is 2.73. The van der Waals surface area contributed by atoms with Gasteiger partial charge in [-0.25, -0.2) is 0 Å². The van der Waals surface area contributed by atoms with Crippen LogP contribution in [0.2, 0.25) is 0 Å². The fourth-order valence-corrected chi connectivity index (χ4v) is 1.79. The van der Waals surface area contributed by atoms with E-state index >= 15 is 0 Å². The highest BCUT2D eigenvalue weighted by Crippen LogP contribution is 2.05. The SMILES string of the molecule is CCCCCCC(=O)NCc1ccc(CN)cc1. The highest BCUT2D eigenvalue weighted by atomic mass is 16.1. The number of nitrogens with two attached hydrogens (primary N) is 1. The molecule has 100 valence electrons. The van der Waals surface area contributed by atoms with Crippen LogP contribution in [0.25, 0.3) is 0 Å². The second kappa shape index (κ2) is 8.70. The largest absolute Gasteiger partial charge is 0.352 e. The van der Waals surface area contributed by atoms with Gasteiger partial charge < -0.3 is 11.1 Å². The van der Waals surface area contributed by atoms with Gasteiger partial charge in [0.05, 0.1) is 0 Å². The molecule has 1 aromatic carbocycles. The first-order chi connectivity index (χ1) is 8.76. The van der Waals surface area contributed by atoms with Crippen LogP contribution in [-0.4, -0.2) is 5.91 Å². The Labute approximate surface area is 110 Å². The first-order valence-electron chi connectivity index (χ1n) is 6.81. The highest BCUT2D eigenvalue weighted by molar-refractivity contribution is 5.75. The number of benzene rings is 1. The summed E-state index contributed by atoms with van der Waals surface area (Å²) in [7, 11) is 0. The van der Waals surface area contributed by atoms with Gasteiger partial charge in [0.15, 0.2) is 0 Å². The van der Waals surface area contributed by atoms with Crippen molar-refractivity contribution in [1.29, 1.82) is 0 Å². The van der Waals surface area contributed by atoms with Gasteiger partial charge >= 0.3 is 0 Å². The molecule has 0 spiro atoms. The zero-order chi connectivity index (χ0) is 13.2. The minimum atomic E-state index is 0.147. The second-order valence-electron chi connectivity index (χ2n) is 4.61. The molecule has 0 aromatic heterocycles. The van der Waals surface area contributed by atoms with Crippen LogP contribution in [0.1, 0.15) is 50.2 Å². The van der Waals surface area contributed by atoms with Crippen LogP contribution in [-0.2, 0) is 17.9 Å². The van der Waals surface area contributed by atoms with Gasteiger partial charge in [-0.15, -0.1) is 0 Å². The van der Waals surface area contributed by atoms with E-state index in [-0.39, 0.29) is 5.91 Å². The van der Waals surface area contributed by atoms with Crippen LogP contribution in [0.5, 0.6) is 0 Å². The van der Waals surface area contributed by atoms with Gasteiger partial charge in [-0.2, -0.15) is 0 Å². The molecule has 0 bridgehead atoms. The Bertz CT molecular complexity index is 346. The van der Waals surface area contributed by atoms with Gasteiger partial charge in [0.2, 0.25) is 5.91 Å². The fraction of sp³-hybridized carbons (Fsp3) is 0.533. The lowest BCUT2D eigenvalue weighted by molar-refractivity contribution is -0.121. The Morgan fingerprint density at radius 3 is 2.39 bits per heavy atom. The predicted molar refractivity (Wildman–Crippen MR) is 74.9 cm³/mol. The van der Waals surface area contributed by atoms with Crippen molar-refractivity contribution in [3.63, 3.8) is 0 Å². The Hall–Kier alpha value is -1.35. The Morgan fingerprint density at radius 1 is 1.11 bits per heavy atom. The topological polar surface area (TPSA) is 55.1 Å². The smallest absolute Gasteiger partial charge is 0.220 e. The van der Waals surface area contributed by atoms with Crippen LogP contribution in [0.3, 0.4) is 0 Å². The molecule has 0 fully saturated rings. The summed E-state index contributed by atoms with van der Waals surface area (Å²) in [5.74, 6) is 0.147. The molecule has 0 unspecified atom stereocenters. The third-order valence-electron chi connectivity index (χ3n) is 3.01. The quantitative estimate of drug-likeness (QED) is 0.695. The maximum Gasteiger partial charge on any atom is 0.220 e. The van der Waals surface area contributed by atoms with Crippen LogP contribution in [0, 0.1) is 0 Å². The van der Waals surface area contributed by atoms with Crippen LogP contribution in [0.15, 0.2) is 24.3 Å². The maximum absolute atomic E-state index is 11.6. The number of carbonyl (C=O) groups excluding carboxylic acids is 1. The number of hydrogen-bond acceptors (Lipinski definition) is 2. The van der Waals surface area contributed by atoms with Crippen molar-refractivity contribution in [3.05, 3.63) is 35.4 Å². The molecule has 0 aliphatic heterocycles. The number of rotatable bonds is 8. The van der Waals surface area contributed by atoms with Crippen molar-refractivity contribution in [3.8, 4) is 0 Å². The lowest BCUT2D eigenvalue weighted by Gasteiger charge is -2.06. The lowest BCUT2D eigenvalue weighted by atomic mass is 10.1. The van der Waals surface area contributed by atoms with Crippen molar-refractivity contribution in [2.45, 2.75) is 52.1 Å². The molecule has 0 heterocycles. The molecule has 3 nitrogen and oxygen atoms in total. The molecule has 0 atom stereocenters. The van der Waals surface area contributed by atoms with Crippen LogP contribution >= 0.6 is 0 Å². The van der Waals surface area contributed by atoms with Crippen molar-refractivity contribution in [2.24, 2.45) is 5.73 Å². The van der Waals surface area contributed by atoms with E-state index in [1.807, 2.05) is 24.3 Å². The summed E-state index contributed by atoms with van der Waals surface area (Å²) in [5, 5.41) is 2.94. The van der Waals surface area contributed by atoms with Gasteiger partial charge in [-0.3, -0.25) is 4.79 Å². The van der Waals surface area contributed by atoms with Crippen molar-refractivity contribution < 1.29 is 4.79 Å². The summed E-state index contributed by atoms with van der Waals surface area (Å²) in [5.41, 5.74) is 7.77. The molecular formula is C15H24N2O. The van der Waals surface area contributed by atoms with Gasteiger partial charge in [0.25, 0.3) is 0 Å². The van der Waals surface area contributed by atoms with E-state index in [4.69, 9.17) is 5.73 Å². The number of unbranched alkanes of at least 4 members (excludes halogenated alkanes) is 3. The zero-order valence-electron chi connectivity index (χ0n) is 11.2. The van der Waals surface area contributed by atoms with E-state index in [1.54, 1.807) is 0 Å². The van der Waals surface area contributed by atoms with Gasteiger partial charge in [-0.05, 0) is 17.5 Å². The molecule has 18 heavy (non-hydrogen) atoms. The molecule has 1 amide bonds. The Kier molecular flexibility index (Phi) is 7.11. The van der Waals surface area contributed by atoms with E-state index in [9.17, 15) is 4.79 Å². The van der Waals surface area contributed by atoms with Crippen molar-refractivity contribution in [1.82, 2.24) is 5.32 Å². The van der Waals surface area contributed by atoms with Crippen molar-refractivity contribution >= 4 is 5.91 Å². The first-order valence-corrected chi connectivity index (χ1v) is 6.81. The minimum Gasteiger partial charge on any atom is -0.352 e. The molecule has 0 aliphatic carbocycles. The summed E-state index contributed by atoms with van der Waals surface area (Å²) in [6.45, 7) is 3.34. The zero-order valence-corrected chi connectivity index (χ0v) is 11.2. The summed E-state index contributed by atoms with van der Waals surface area (Å²) >= 11 is 0. The number of nitrogens with one attached hydrogen (secondary N) is 1. The van der Waals surface area contributed by atoms with E-state index in [1.165, 1.54) is 12.8 Å². The molecule has 1 aromatic rings. The Balaban J connectivity index is 2.20. The molecule has 3 heteroatoms. The normalized spacial score (nSPS) is 10.3. The van der Waals surface area contributed by atoms with E-state index in [0.717, 1.165) is 24.0 Å². The molecule has 3 N–H and O–H groups in total. The summed E-state index contributed by atoms with van der Waals surface area (Å²) in [4.78, 5) is 11.6. The molecule has 1 rings (SSSR count). The molecular weight excluding hydrogens is 224 g/mol. The van der Waals surface area contributed by atoms with Crippen molar-refractivity contribution in [2.75, 3.05) is 0 Å². The van der Waals surface area contributed by atoms with Gasteiger partial charge in [0.1, 0.15) is 0 Å². The average molecular weight is 248 g/mol. The fourth-order valence-electron chi connectivity index (χ4n) is 1.79. The first kappa shape index (κ1) is 14.7. The van der Waals surface area contributed by atoms with Crippen LogP contribution in [0.4, 0.5) is 0 Å². The monoisotopic (exact) mass is 248 g/mol. The second-order valence-corrected chi connectivity index (χ2v) is 4.61. The standard InChI is InChI=1S/C15H24N2O/c1-2-3-4-5-6-15(18)17-12-14-9-7-13(11-16)8-10-14/h7-10H,2-6,11-12,16H2,1H3,(H,17,18). The minimum absolute atomic E-state index is 0.147. The van der Waals surface area contributed by atoms with Crippen LogP contribution < -0.4 is 11.1 Å². The van der Waals surface area contributed by atoms with E-state index in [2.05, 4.69) is 12.2 Å². The summed E-state index contributed by atoms with van der Waals surface area (Å²) < 4.78 is 0. The Morgan fingerprint density at radius 2 is 1.78 bits per heavy atom. The molecule has 0 saturated heterocycles. The number of carbonyl (C=O) groups is 1. The summed E-state index contributed by atoms with van der Waals surface area (Å²) in [6.07, 6.45) is 5.20. The molecule has 0 saturated carbocycles. The number of amides is 1. The molecule has 0 radical (unpaired) electrons. The maximum atomic E-state index is 11.6. The third-order valence-corrected chi connectivity index (χ3v) is 3.01. The van der Waals surface area contributed by atoms with E-state index < -0.39 is 0 Å².